The maximum atomic E-state index is 14.0. The van der Waals surface area contributed by atoms with E-state index in [-0.39, 0.29) is 23.6 Å². The maximum Gasteiger partial charge on any atom is 0.226 e. The van der Waals surface area contributed by atoms with E-state index in [4.69, 9.17) is 0 Å². The van der Waals surface area contributed by atoms with E-state index >= 15 is 0 Å². The summed E-state index contributed by atoms with van der Waals surface area (Å²) in [6.45, 7) is 3.66. The smallest absolute Gasteiger partial charge is 0.226 e. The van der Waals surface area contributed by atoms with Crippen molar-refractivity contribution in [2.24, 2.45) is 5.92 Å². The topological polar surface area (TPSA) is 38.1 Å². The van der Waals surface area contributed by atoms with Gasteiger partial charge in [0, 0.05) is 37.8 Å². The van der Waals surface area contributed by atoms with Gasteiger partial charge in [0.1, 0.15) is 11.6 Å². The number of hydrogen-bond acceptors (Lipinski definition) is 2. The molecule has 0 N–H and O–H groups in total. The molecule has 0 unspecified atom stereocenters. The molecule has 0 bridgehead atoms. The van der Waals surface area contributed by atoms with Crippen LogP contribution in [0.25, 0.3) is 0 Å². The minimum atomic E-state index is -0.190. The van der Waals surface area contributed by atoms with Crippen molar-refractivity contribution < 1.29 is 9.18 Å². The van der Waals surface area contributed by atoms with Gasteiger partial charge < -0.3 is 9.47 Å². The Bertz CT molecular complexity index is 772. The van der Waals surface area contributed by atoms with Gasteiger partial charge in [0.15, 0.2) is 0 Å². The summed E-state index contributed by atoms with van der Waals surface area (Å²) in [5, 5.41) is 0. The fourth-order valence-electron chi connectivity index (χ4n) is 4.15. The minimum Gasteiger partial charge on any atom is -0.340 e. The van der Waals surface area contributed by atoms with Crippen LogP contribution in [0.5, 0.6) is 0 Å². The molecule has 2 heterocycles. The number of carbonyl (C=O) groups is 1. The fraction of sp³-hybridized carbons (Fsp3) is 0.500. The van der Waals surface area contributed by atoms with Crippen molar-refractivity contribution in [3.8, 4) is 0 Å². The predicted molar refractivity (Wildman–Crippen MR) is 93.7 cm³/mol. The zero-order valence-electron chi connectivity index (χ0n) is 14.6. The number of rotatable bonds is 4. The highest BCUT2D eigenvalue weighted by Crippen LogP contribution is 2.49. The van der Waals surface area contributed by atoms with E-state index in [0.717, 1.165) is 44.6 Å². The van der Waals surface area contributed by atoms with Crippen LogP contribution in [0.3, 0.4) is 0 Å². The molecule has 1 saturated carbocycles. The van der Waals surface area contributed by atoms with Gasteiger partial charge in [0.2, 0.25) is 5.91 Å². The number of imidazole rings is 1. The SMILES string of the molecule is CCc1nccn1[C@@H]1CCCN(C(=O)[C@H]2C[C@H]2c2ccccc2F)C1. The van der Waals surface area contributed by atoms with Crippen LogP contribution in [-0.4, -0.2) is 33.4 Å². The highest BCUT2D eigenvalue weighted by molar-refractivity contribution is 5.83. The zero-order valence-corrected chi connectivity index (χ0v) is 14.6. The second kappa shape index (κ2) is 6.62. The molecule has 0 spiro atoms. The molecule has 1 saturated heterocycles. The Hall–Kier alpha value is -2.17. The van der Waals surface area contributed by atoms with Gasteiger partial charge in [-0.2, -0.15) is 0 Å². The molecule has 1 aliphatic carbocycles. The van der Waals surface area contributed by atoms with E-state index < -0.39 is 0 Å². The highest BCUT2D eigenvalue weighted by atomic mass is 19.1. The summed E-state index contributed by atoms with van der Waals surface area (Å²) in [4.78, 5) is 19.3. The van der Waals surface area contributed by atoms with Crippen LogP contribution in [0.2, 0.25) is 0 Å². The van der Waals surface area contributed by atoms with Crippen LogP contribution in [0.1, 0.15) is 49.5 Å². The third-order valence-corrected chi connectivity index (χ3v) is 5.58. The van der Waals surface area contributed by atoms with Crippen molar-refractivity contribution >= 4 is 5.91 Å². The van der Waals surface area contributed by atoms with Crippen LogP contribution in [-0.2, 0) is 11.2 Å². The molecule has 132 valence electrons. The fourth-order valence-corrected chi connectivity index (χ4v) is 4.15. The molecule has 3 atom stereocenters. The first kappa shape index (κ1) is 16.3. The lowest BCUT2D eigenvalue weighted by Crippen LogP contribution is -2.41. The average Bonchev–Trinajstić information content (AvgIpc) is 3.29. The second-order valence-corrected chi connectivity index (χ2v) is 7.15. The molecular weight excluding hydrogens is 317 g/mol. The van der Waals surface area contributed by atoms with Gasteiger partial charge >= 0.3 is 0 Å². The molecule has 5 heteroatoms. The summed E-state index contributed by atoms with van der Waals surface area (Å²) >= 11 is 0. The summed E-state index contributed by atoms with van der Waals surface area (Å²) in [5.74, 6) is 1.08. The van der Waals surface area contributed by atoms with Crippen molar-refractivity contribution in [2.75, 3.05) is 13.1 Å². The minimum absolute atomic E-state index is 0.0496. The highest BCUT2D eigenvalue weighted by Gasteiger charge is 2.47. The van der Waals surface area contributed by atoms with Crippen molar-refractivity contribution in [1.29, 1.82) is 0 Å². The molecule has 1 aliphatic heterocycles. The number of carbonyl (C=O) groups excluding carboxylic acids is 1. The summed E-state index contributed by atoms with van der Waals surface area (Å²) < 4.78 is 16.2. The number of hydrogen-bond donors (Lipinski definition) is 0. The van der Waals surface area contributed by atoms with Gasteiger partial charge in [-0.1, -0.05) is 25.1 Å². The normalized spacial score (nSPS) is 25.8. The predicted octanol–water partition coefficient (Wildman–Crippen LogP) is 3.55. The number of aromatic nitrogens is 2. The van der Waals surface area contributed by atoms with Crippen molar-refractivity contribution in [1.82, 2.24) is 14.5 Å². The maximum absolute atomic E-state index is 14.0. The van der Waals surface area contributed by atoms with Crippen LogP contribution < -0.4 is 0 Å². The van der Waals surface area contributed by atoms with Crippen LogP contribution >= 0.6 is 0 Å². The molecule has 1 amide bonds. The first-order chi connectivity index (χ1) is 12.2. The van der Waals surface area contributed by atoms with Gasteiger partial charge in [-0.3, -0.25) is 4.79 Å². The Kier molecular flexibility index (Phi) is 4.32. The summed E-state index contributed by atoms with van der Waals surface area (Å²) in [5.41, 5.74) is 0.692. The van der Waals surface area contributed by atoms with Gasteiger partial charge in [0.05, 0.1) is 6.04 Å². The van der Waals surface area contributed by atoms with Crippen LogP contribution in [0.15, 0.2) is 36.7 Å². The summed E-state index contributed by atoms with van der Waals surface area (Å²) in [6, 6.07) is 7.15. The molecule has 2 aliphatic rings. The van der Waals surface area contributed by atoms with Crippen molar-refractivity contribution in [3.05, 3.63) is 53.9 Å². The molecule has 1 aromatic heterocycles. The summed E-state index contributed by atoms with van der Waals surface area (Å²) in [6.07, 6.45) is 7.62. The van der Waals surface area contributed by atoms with E-state index in [1.54, 1.807) is 6.07 Å². The molecular formula is C20H24FN3O. The molecule has 4 rings (SSSR count). The lowest BCUT2D eigenvalue weighted by atomic mass is 10.0. The monoisotopic (exact) mass is 341 g/mol. The zero-order chi connectivity index (χ0) is 17.4. The van der Waals surface area contributed by atoms with Gasteiger partial charge in [0.25, 0.3) is 0 Å². The number of amides is 1. The van der Waals surface area contributed by atoms with Gasteiger partial charge in [-0.15, -0.1) is 0 Å². The second-order valence-electron chi connectivity index (χ2n) is 7.15. The largest absolute Gasteiger partial charge is 0.340 e. The Balaban J connectivity index is 1.44. The molecule has 2 aromatic rings. The quantitative estimate of drug-likeness (QED) is 0.853. The Morgan fingerprint density at radius 3 is 3.00 bits per heavy atom. The Morgan fingerprint density at radius 2 is 2.20 bits per heavy atom. The van der Waals surface area contributed by atoms with Gasteiger partial charge in [-0.25, -0.2) is 9.37 Å². The third kappa shape index (κ3) is 3.08. The van der Waals surface area contributed by atoms with E-state index in [1.807, 2.05) is 29.4 Å². The van der Waals surface area contributed by atoms with Crippen LogP contribution in [0, 0.1) is 11.7 Å². The standard InChI is InChI=1S/C20H24FN3O/c1-2-19-22-9-11-24(19)14-6-5-10-23(13-14)20(25)17-12-16(17)15-7-3-4-8-18(15)21/h3-4,7-9,11,14,16-17H,2,5-6,10,12-13H2,1H3/t14-,16+,17+/m1/s1. The Labute approximate surface area is 147 Å². The average molecular weight is 341 g/mol. The lowest BCUT2D eigenvalue weighted by Gasteiger charge is -2.34. The number of benzene rings is 1. The molecule has 25 heavy (non-hydrogen) atoms. The molecule has 0 radical (unpaired) electrons. The molecule has 2 fully saturated rings. The van der Waals surface area contributed by atoms with E-state index in [1.165, 1.54) is 6.07 Å². The van der Waals surface area contributed by atoms with Crippen molar-refractivity contribution in [2.45, 2.75) is 44.6 Å². The lowest BCUT2D eigenvalue weighted by molar-refractivity contribution is -0.134. The Morgan fingerprint density at radius 1 is 1.36 bits per heavy atom. The first-order valence-electron chi connectivity index (χ1n) is 9.24. The number of likely N-dealkylation sites (tertiary alicyclic amines) is 1. The number of nitrogens with zero attached hydrogens (tertiary/aromatic N) is 3. The molecule has 1 aromatic carbocycles. The van der Waals surface area contributed by atoms with E-state index in [0.29, 0.717) is 11.6 Å². The number of halogens is 1. The van der Waals surface area contributed by atoms with E-state index in [2.05, 4.69) is 16.5 Å². The molecule has 4 nitrogen and oxygen atoms in total. The number of piperidine rings is 1. The first-order valence-corrected chi connectivity index (χ1v) is 9.24. The van der Waals surface area contributed by atoms with Crippen molar-refractivity contribution in [3.63, 3.8) is 0 Å². The van der Waals surface area contributed by atoms with E-state index in [9.17, 15) is 9.18 Å². The van der Waals surface area contributed by atoms with Gasteiger partial charge in [-0.05, 0) is 36.8 Å². The third-order valence-electron chi connectivity index (χ3n) is 5.58. The summed E-state index contributed by atoms with van der Waals surface area (Å²) in [7, 11) is 0. The number of aryl methyl sites for hydroxylation is 1. The van der Waals surface area contributed by atoms with Crippen LogP contribution in [0.4, 0.5) is 4.39 Å².